The molecule has 0 N–H and O–H groups in total. The smallest absolute Gasteiger partial charge is 0.333 e. The van der Waals surface area contributed by atoms with Gasteiger partial charge in [0.1, 0.15) is 7.05 Å². The molecule has 1 saturated heterocycles. The van der Waals surface area contributed by atoms with Crippen molar-refractivity contribution < 1.29 is 36.2 Å². The van der Waals surface area contributed by atoms with Gasteiger partial charge in [-0.3, -0.25) is 9.59 Å². The molecule has 8 heteroatoms. The van der Waals surface area contributed by atoms with E-state index in [0.717, 1.165) is 19.4 Å². The zero-order chi connectivity index (χ0) is 37.3. The number of allylic oxidation sites excluding steroid dienone is 8. The second-order valence-corrected chi connectivity index (χ2v) is 15.2. The van der Waals surface area contributed by atoms with Crippen LogP contribution in [0.3, 0.4) is 0 Å². The lowest BCUT2D eigenvalue weighted by molar-refractivity contribution is -0.401. The first-order valence-corrected chi connectivity index (χ1v) is 18.7. The molecular formula is C46H48ClN3O4. The summed E-state index contributed by atoms with van der Waals surface area (Å²) in [6, 6.07) is 26.1. The molecule has 54 heavy (non-hydrogen) atoms. The van der Waals surface area contributed by atoms with E-state index >= 15 is 0 Å². The highest BCUT2D eigenvalue weighted by molar-refractivity contribution is 6.07. The van der Waals surface area contributed by atoms with Crippen molar-refractivity contribution in [1.29, 1.82) is 0 Å². The number of imide groups is 1. The van der Waals surface area contributed by atoms with Crippen LogP contribution in [-0.2, 0) is 30.1 Å². The van der Waals surface area contributed by atoms with Crippen LogP contribution in [0.15, 0.2) is 121 Å². The first-order chi connectivity index (χ1) is 25.5. The fourth-order valence-corrected chi connectivity index (χ4v) is 8.48. The number of hydroxylamine groups is 2. The van der Waals surface area contributed by atoms with Gasteiger partial charge in [0.15, 0.2) is 5.71 Å². The molecule has 0 aliphatic carbocycles. The van der Waals surface area contributed by atoms with Gasteiger partial charge in [-0.2, -0.15) is 4.58 Å². The average molecular weight is 742 g/mol. The standard InChI is InChI=1S/C46H48N3O4.ClH/c1-45(2)38(47(5)36-27-25-32-18-13-15-20-34(32)43(36)45)22-10-7-6-8-11-23-39-46(3,4)44-35-21-16-14-19-33(35)26-28-37(44)48(39)31-17-9-12-24-42(52)53-49-40(50)29-30-41(49)51;/h6-8,10-11,13-16,18-23,25-28H,9,12,17,24,29-31H2,1-5H3;1H/q+1;/p-1. The number of rotatable bonds is 11. The van der Waals surface area contributed by atoms with Crippen molar-refractivity contribution in [1.82, 2.24) is 5.06 Å². The summed E-state index contributed by atoms with van der Waals surface area (Å²) in [5.41, 5.74) is 7.32. The van der Waals surface area contributed by atoms with Gasteiger partial charge in [-0.05, 0) is 72.0 Å². The molecule has 3 aliphatic rings. The molecule has 3 heterocycles. The zero-order valence-electron chi connectivity index (χ0n) is 31.8. The topological polar surface area (TPSA) is 69.9 Å². The molecule has 3 aliphatic heterocycles. The largest absolute Gasteiger partial charge is 1.00 e. The third-order valence-corrected chi connectivity index (χ3v) is 11.1. The summed E-state index contributed by atoms with van der Waals surface area (Å²) in [7, 11) is 2.16. The van der Waals surface area contributed by atoms with Crippen molar-refractivity contribution in [2.75, 3.05) is 18.5 Å². The predicted octanol–water partition coefficient (Wildman–Crippen LogP) is 6.52. The molecule has 1 fully saturated rings. The predicted molar refractivity (Wildman–Crippen MR) is 213 cm³/mol. The van der Waals surface area contributed by atoms with E-state index in [1.807, 2.05) is 0 Å². The highest BCUT2D eigenvalue weighted by atomic mass is 35.5. The summed E-state index contributed by atoms with van der Waals surface area (Å²) >= 11 is 0. The number of hydrogen-bond acceptors (Lipinski definition) is 5. The number of carbonyl (C=O) groups excluding carboxylic acids is 3. The van der Waals surface area contributed by atoms with Gasteiger partial charge in [-0.25, -0.2) is 4.79 Å². The Labute approximate surface area is 324 Å². The van der Waals surface area contributed by atoms with Gasteiger partial charge >= 0.3 is 5.97 Å². The second-order valence-electron chi connectivity index (χ2n) is 15.2. The van der Waals surface area contributed by atoms with Crippen LogP contribution in [-0.4, -0.2) is 46.7 Å². The maximum absolute atomic E-state index is 12.3. The van der Waals surface area contributed by atoms with Crippen molar-refractivity contribution in [3.05, 3.63) is 132 Å². The summed E-state index contributed by atoms with van der Waals surface area (Å²) in [6.45, 7) is 10.0. The fourth-order valence-electron chi connectivity index (χ4n) is 8.48. The number of benzene rings is 4. The SMILES string of the molecule is C[N+]1=C(C=CC=CC=CC=C2N(CCCCCC(=O)ON3C(=O)CCC3=O)c3ccc4ccccc4c3C2(C)C)C(C)(C)c2c1ccc1ccccc21.[Cl-]. The van der Waals surface area contributed by atoms with Gasteiger partial charge in [-0.15, -0.1) is 5.06 Å². The average Bonchev–Trinajstić information content (AvgIpc) is 3.65. The van der Waals surface area contributed by atoms with Crippen molar-refractivity contribution in [2.24, 2.45) is 0 Å². The van der Waals surface area contributed by atoms with Gasteiger partial charge < -0.3 is 22.1 Å². The summed E-state index contributed by atoms with van der Waals surface area (Å²) in [6.07, 6.45) is 17.6. The Balaban J connectivity index is 0.00000497. The van der Waals surface area contributed by atoms with Gasteiger partial charge in [0.2, 0.25) is 5.69 Å². The van der Waals surface area contributed by atoms with Crippen LogP contribution >= 0.6 is 0 Å². The molecule has 2 amide bonds. The number of amides is 2. The van der Waals surface area contributed by atoms with Gasteiger partial charge in [0, 0.05) is 60.3 Å². The molecule has 4 aromatic rings. The van der Waals surface area contributed by atoms with Crippen LogP contribution in [0.25, 0.3) is 21.5 Å². The van der Waals surface area contributed by atoms with Crippen LogP contribution < -0.4 is 17.3 Å². The monoisotopic (exact) mass is 741 g/mol. The molecule has 0 bridgehead atoms. The summed E-state index contributed by atoms with van der Waals surface area (Å²) < 4.78 is 2.31. The molecule has 7 nitrogen and oxygen atoms in total. The van der Waals surface area contributed by atoms with Crippen LogP contribution in [0.2, 0.25) is 0 Å². The van der Waals surface area contributed by atoms with Crippen LogP contribution in [0.1, 0.15) is 77.3 Å². The number of halogens is 1. The first kappa shape index (κ1) is 38.5. The minimum absolute atomic E-state index is 0. The molecule has 0 saturated carbocycles. The maximum atomic E-state index is 12.3. The summed E-state index contributed by atoms with van der Waals surface area (Å²) in [4.78, 5) is 43.4. The molecule has 7 rings (SSSR count). The van der Waals surface area contributed by atoms with Gasteiger partial charge in [0.25, 0.3) is 11.8 Å². The Morgan fingerprint density at radius 1 is 0.741 bits per heavy atom. The molecule has 0 unspecified atom stereocenters. The van der Waals surface area contributed by atoms with E-state index in [0.29, 0.717) is 11.5 Å². The van der Waals surface area contributed by atoms with Crippen LogP contribution in [0.5, 0.6) is 0 Å². The molecule has 278 valence electrons. The highest BCUT2D eigenvalue weighted by Crippen LogP contribution is 2.51. The van der Waals surface area contributed by atoms with Gasteiger partial charge in [-0.1, -0.05) is 105 Å². The van der Waals surface area contributed by atoms with E-state index in [-0.39, 0.29) is 42.5 Å². The van der Waals surface area contributed by atoms with E-state index in [9.17, 15) is 14.4 Å². The van der Waals surface area contributed by atoms with E-state index < -0.39 is 17.8 Å². The van der Waals surface area contributed by atoms with E-state index in [1.54, 1.807) is 0 Å². The lowest BCUT2D eigenvalue weighted by Crippen LogP contribution is -3.00. The Kier molecular flexibility index (Phi) is 11.1. The van der Waals surface area contributed by atoms with Gasteiger partial charge in [0.05, 0.1) is 5.41 Å². The Bertz CT molecular complexity index is 2280. The Morgan fingerprint density at radius 2 is 1.35 bits per heavy atom. The van der Waals surface area contributed by atoms with E-state index in [2.05, 4.69) is 160 Å². The molecule has 0 radical (unpaired) electrons. The maximum Gasteiger partial charge on any atom is 0.333 e. The molecule has 0 atom stereocenters. The third-order valence-electron chi connectivity index (χ3n) is 11.1. The van der Waals surface area contributed by atoms with E-state index in [4.69, 9.17) is 4.84 Å². The van der Waals surface area contributed by atoms with Crippen molar-refractivity contribution in [3.63, 3.8) is 0 Å². The van der Waals surface area contributed by atoms with Crippen molar-refractivity contribution in [2.45, 2.75) is 77.0 Å². The molecule has 0 spiro atoms. The molecule has 0 aromatic heterocycles. The quantitative estimate of drug-likeness (QED) is 0.0759. The van der Waals surface area contributed by atoms with Crippen molar-refractivity contribution in [3.8, 4) is 0 Å². The Morgan fingerprint density at radius 3 is 2.06 bits per heavy atom. The lowest BCUT2D eigenvalue weighted by atomic mass is 9.79. The fraction of sp³-hybridized carbons (Fsp3) is 0.304. The summed E-state index contributed by atoms with van der Waals surface area (Å²) in [5.74, 6) is -1.45. The minimum atomic E-state index is -0.544. The van der Waals surface area contributed by atoms with Crippen molar-refractivity contribution >= 4 is 56.4 Å². The first-order valence-electron chi connectivity index (χ1n) is 18.7. The van der Waals surface area contributed by atoms with E-state index in [1.165, 1.54) is 55.5 Å². The highest BCUT2D eigenvalue weighted by Gasteiger charge is 2.44. The number of fused-ring (bicyclic) bond motifs is 6. The molecular weight excluding hydrogens is 694 g/mol. The third kappa shape index (κ3) is 7.05. The minimum Gasteiger partial charge on any atom is -1.00 e. The summed E-state index contributed by atoms with van der Waals surface area (Å²) in [5, 5.41) is 5.70. The normalized spacial score (nSPS) is 18.3. The number of nitrogens with zero attached hydrogens (tertiary/aromatic N) is 3. The zero-order valence-corrected chi connectivity index (χ0v) is 32.5. The number of carbonyl (C=O) groups is 3. The number of hydrogen-bond donors (Lipinski definition) is 0. The van der Waals surface area contributed by atoms with Crippen LogP contribution in [0, 0.1) is 0 Å². The number of unbranched alkanes of at least 4 members (excludes halogenated alkanes) is 2. The lowest BCUT2D eigenvalue weighted by Gasteiger charge is -2.27. The Hall–Kier alpha value is -5.27. The number of anilines is 1. The van der Waals surface area contributed by atoms with Crippen LogP contribution in [0.4, 0.5) is 11.4 Å². The molecule has 4 aromatic carbocycles. The second kappa shape index (κ2) is 15.6.